The molecule has 12 heavy (non-hydrogen) atoms. The molecule has 0 spiro atoms. The fourth-order valence-electron chi connectivity index (χ4n) is 1.10. The van der Waals surface area contributed by atoms with E-state index in [0.29, 0.717) is 0 Å². The number of hydrazine groups is 1. The summed E-state index contributed by atoms with van der Waals surface area (Å²) in [4.78, 5) is 4.82. The van der Waals surface area contributed by atoms with Gasteiger partial charge in [-0.1, -0.05) is 35.9 Å². The number of hydrogen-bond acceptors (Lipinski definition) is 3. The first-order chi connectivity index (χ1) is 5.95. The molecule has 3 heteroatoms. The molecule has 0 radical (unpaired) electrons. The summed E-state index contributed by atoms with van der Waals surface area (Å²) in [5.41, 5.74) is 3.98. The van der Waals surface area contributed by atoms with E-state index in [1.807, 2.05) is 29.4 Å². The quantitative estimate of drug-likeness (QED) is 0.711. The summed E-state index contributed by atoms with van der Waals surface area (Å²) < 4.78 is 0. The van der Waals surface area contributed by atoms with E-state index < -0.39 is 0 Å². The first kappa shape index (κ1) is 7.18. The van der Waals surface area contributed by atoms with Gasteiger partial charge in [0.25, 0.3) is 0 Å². The zero-order valence-corrected chi connectivity index (χ0v) is 6.60. The first-order valence-corrected chi connectivity index (χ1v) is 3.84. The van der Waals surface area contributed by atoms with Gasteiger partial charge in [-0.25, -0.2) is 0 Å². The van der Waals surface area contributed by atoms with Gasteiger partial charge in [-0.2, -0.15) is 0 Å². The lowest BCUT2D eigenvalue weighted by atomic mass is 10.2. The van der Waals surface area contributed by atoms with Crippen LogP contribution in [0.5, 0.6) is 0 Å². The van der Waals surface area contributed by atoms with Gasteiger partial charge < -0.3 is 4.84 Å². The van der Waals surface area contributed by atoms with Crippen LogP contribution < -0.4 is 5.59 Å². The molecule has 0 amide bonds. The fourth-order valence-corrected chi connectivity index (χ4v) is 1.10. The molecule has 1 heterocycles. The Kier molecular flexibility index (Phi) is 1.96. The fraction of sp³-hybridized carbons (Fsp3) is 0.111. The third-order valence-corrected chi connectivity index (χ3v) is 1.67. The molecule has 0 saturated heterocycles. The minimum Gasteiger partial charge on any atom is -0.395 e. The van der Waals surface area contributed by atoms with E-state index in [2.05, 4.69) is 17.7 Å². The topological polar surface area (TPSA) is 24.5 Å². The lowest BCUT2D eigenvalue weighted by Crippen LogP contribution is -2.26. The van der Waals surface area contributed by atoms with Gasteiger partial charge in [0.15, 0.2) is 0 Å². The average Bonchev–Trinajstić information content (AvgIpc) is 2.59. The van der Waals surface area contributed by atoms with Gasteiger partial charge in [-0.3, -0.25) is 5.01 Å². The van der Waals surface area contributed by atoms with Crippen LogP contribution in [0, 0.1) is 0 Å². The van der Waals surface area contributed by atoms with E-state index in [1.54, 1.807) is 6.26 Å². The van der Waals surface area contributed by atoms with Crippen molar-refractivity contribution in [2.45, 2.75) is 6.54 Å². The van der Waals surface area contributed by atoms with Crippen LogP contribution in [0.4, 0.5) is 0 Å². The van der Waals surface area contributed by atoms with Crippen molar-refractivity contribution in [1.29, 1.82) is 0 Å². The molecule has 0 aliphatic carbocycles. The highest BCUT2D eigenvalue weighted by Crippen LogP contribution is 2.04. The normalized spacial score (nSPS) is 14.8. The number of nitrogens with zero attached hydrogens (tertiary/aromatic N) is 1. The van der Waals surface area contributed by atoms with Crippen molar-refractivity contribution < 1.29 is 4.84 Å². The molecule has 2 rings (SSSR count). The lowest BCUT2D eigenvalue weighted by Gasteiger charge is -2.13. The van der Waals surface area contributed by atoms with Crippen LogP contribution in [0.3, 0.4) is 0 Å². The van der Waals surface area contributed by atoms with Gasteiger partial charge in [0.2, 0.25) is 0 Å². The Labute approximate surface area is 71.2 Å². The predicted octanol–water partition coefficient (Wildman–Crippen LogP) is 1.41. The molecule has 1 aliphatic heterocycles. The van der Waals surface area contributed by atoms with Crippen LogP contribution in [-0.4, -0.2) is 5.01 Å². The van der Waals surface area contributed by atoms with Gasteiger partial charge in [0.1, 0.15) is 6.26 Å². The highest BCUT2D eigenvalue weighted by atomic mass is 16.7. The van der Waals surface area contributed by atoms with E-state index in [9.17, 15) is 0 Å². The number of nitrogens with one attached hydrogen (secondary N) is 1. The number of rotatable bonds is 2. The second kappa shape index (κ2) is 3.28. The Morgan fingerprint density at radius 2 is 2.08 bits per heavy atom. The smallest absolute Gasteiger partial charge is 0.131 e. The van der Waals surface area contributed by atoms with Crippen LogP contribution in [0.2, 0.25) is 0 Å². The molecule has 1 N–H and O–H groups in total. The molecule has 1 aliphatic rings. The maximum atomic E-state index is 4.82. The van der Waals surface area contributed by atoms with Crippen molar-refractivity contribution in [3.05, 3.63) is 48.4 Å². The third kappa shape index (κ3) is 1.57. The number of hydrogen-bond donors (Lipinski definition) is 1. The molecular formula is C9H10N2O. The van der Waals surface area contributed by atoms with Crippen molar-refractivity contribution >= 4 is 0 Å². The standard InChI is InChI=1S/C9H10N2O/c1-2-4-9(5-3-1)8-11-6-7-12-10-11/h1-7,10H,8H2. The van der Waals surface area contributed by atoms with Gasteiger partial charge in [0.05, 0.1) is 12.7 Å². The Hall–Kier alpha value is -1.48. The summed E-state index contributed by atoms with van der Waals surface area (Å²) in [6.45, 7) is 0.817. The van der Waals surface area contributed by atoms with Crippen LogP contribution in [-0.2, 0) is 11.4 Å². The summed E-state index contributed by atoms with van der Waals surface area (Å²) in [5.74, 6) is 0. The summed E-state index contributed by atoms with van der Waals surface area (Å²) in [7, 11) is 0. The van der Waals surface area contributed by atoms with Crippen molar-refractivity contribution in [2.24, 2.45) is 0 Å². The Bertz CT molecular complexity index is 271. The van der Waals surface area contributed by atoms with Crippen LogP contribution in [0.25, 0.3) is 0 Å². The third-order valence-electron chi connectivity index (χ3n) is 1.67. The zero-order valence-electron chi connectivity index (χ0n) is 6.60. The molecule has 1 aromatic rings. The van der Waals surface area contributed by atoms with Crippen LogP contribution in [0.15, 0.2) is 42.8 Å². The molecule has 62 valence electrons. The van der Waals surface area contributed by atoms with Gasteiger partial charge in [-0.15, -0.1) is 0 Å². The van der Waals surface area contributed by atoms with Gasteiger partial charge >= 0.3 is 0 Å². The van der Waals surface area contributed by atoms with E-state index in [4.69, 9.17) is 4.84 Å². The predicted molar refractivity (Wildman–Crippen MR) is 45.3 cm³/mol. The molecule has 0 bridgehead atoms. The van der Waals surface area contributed by atoms with Gasteiger partial charge in [0, 0.05) is 0 Å². The van der Waals surface area contributed by atoms with Gasteiger partial charge in [-0.05, 0) is 5.56 Å². The van der Waals surface area contributed by atoms with Crippen LogP contribution >= 0.6 is 0 Å². The summed E-state index contributed by atoms with van der Waals surface area (Å²) >= 11 is 0. The highest BCUT2D eigenvalue weighted by Gasteiger charge is 2.03. The number of benzene rings is 1. The molecular weight excluding hydrogens is 152 g/mol. The first-order valence-electron chi connectivity index (χ1n) is 3.84. The minimum atomic E-state index is 0.817. The van der Waals surface area contributed by atoms with Crippen molar-refractivity contribution in [2.75, 3.05) is 0 Å². The van der Waals surface area contributed by atoms with E-state index >= 15 is 0 Å². The van der Waals surface area contributed by atoms with E-state index in [0.717, 1.165) is 6.54 Å². The Morgan fingerprint density at radius 3 is 2.75 bits per heavy atom. The maximum Gasteiger partial charge on any atom is 0.131 e. The van der Waals surface area contributed by atoms with E-state index in [1.165, 1.54) is 5.56 Å². The second-order valence-corrected chi connectivity index (χ2v) is 2.61. The SMILES string of the molecule is C1=CN(Cc2ccccc2)NO1. The van der Waals surface area contributed by atoms with Crippen molar-refractivity contribution in [3.63, 3.8) is 0 Å². The highest BCUT2D eigenvalue weighted by molar-refractivity contribution is 5.14. The Morgan fingerprint density at radius 1 is 1.25 bits per heavy atom. The summed E-state index contributed by atoms with van der Waals surface area (Å²) in [6, 6.07) is 10.2. The maximum absolute atomic E-state index is 4.82. The van der Waals surface area contributed by atoms with Crippen molar-refractivity contribution in [1.82, 2.24) is 10.6 Å². The molecule has 0 saturated carbocycles. The Balaban J connectivity index is 1.99. The summed E-state index contributed by atoms with van der Waals surface area (Å²) in [5, 5.41) is 1.87. The lowest BCUT2D eigenvalue weighted by molar-refractivity contribution is 0.0314. The zero-order chi connectivity index (χ0) is 8.23. The molecule has 0 fully saturated rings. The minimum absolute atomic E-state index is 0.817. The van der Waals surface area contributed by atoms with Crippen molar-refractivity contribution in [3.8, 4) is 0 Å². The van der Waals surface area contributed by atoms with E-state index in [-0.39, 0.29) is 0 Å². The summed E-state index contributed by atoms with van der Waals surface area (Å²) in [6.07, 6.45) is 3.47. The van der Waals surface area contributed by atoms with Crippen LogP contribution in [0.1, 0.15) is 5.56 Å². The molecule has 0 unspecified atom stereocenters. The molecule has 3 nitrogen and oxygen atoms in total. The second-order valence-electron chi connectivity index (χ2n) is 2.61. The molecule has 1 aromatic carbocycles. The molecule has 0 atom stereocenters. The largest absolute Gasteiger partial charge is 0.395 e. The average molecular weight is 162 g/mol. The monoisotopic (exact) mass is 162 g/mol. The molecule has 0 aromatic heterocycles.